The molecule has 0 radical (unpaired) electrons. The first-order chi connectivity index (χ1) is 8.06. The maximum Gasteiger partial charge on any atom is 0.307 e. The molecule has 0 saturated heterocycles. The van der Waals surface area contributed by atoms with Gasteiger partial charge < -0.3 is 5.11 Å². The minimum absolute atomic E-state index is 0.0760. The SMILES string of the molecule is CCCCCCn1nc(C)c(CC(=O)O)c1C. The molecule has 0 fully saturated rings. The monoisotopic (exact) mass is 238 g/mol. The van der Waals surface area contributed by atoms with Gasteiger partial charge in [-0.25, -0.2) is 0 Å². The Hall–Kier alpha value is -1.32. The molecule has 0 aliphatic carbocycles. The van der Waals surface area contributed by atoms with E-state index in [1.54, 1.807) is 0 Å². The van der Waals surface area contributed by atoms with Crippen molar-refractivity contribution in [3.8, 4) is 0 Å². The molecule has 17 heavy (non-hydrogen) atoms. The zero-order chi connectivity index (χ0) is 12.8. The van der Waals surface area contributed by atoms with Gasteiger partial charge in [-0.1, -0.05) is 26.2 Å². The van der Waals surface area contributed by atoms with Crippen molar-refractivity contribution in [3.05, 3.63) is 17.0 Å². The number of aliphatic carboxylic acids is 1. The van der Waals surface area contributed by atoms with Crippen molar-refractivity contribution >= 4 is 5.97 Å². The van der Waals surface area contributed by atoms with E-state index in [0.29, 0.717) is 0 Å². The Bertz CT molecular complexity index is 383. The van der Waals surface area contributed by atoms with Crippen LogP contribution in [-0.2, 0) is 17.8 Å². The zero-order valence-electron chi connectivity index (χ0n) is 11.0. The molecule has 0 bridgehead atoms. The van der Waals surface area contributed by atoms with Crippen LogP contribution in [0.5, 0.6) is 0 Å². The lowest BCUT2D eigenvalue weighted by atomic mass is 10.1. The van der Waals surface area contributed by atoms with Gasteiger partial charge in [0.25, 0.3) is 0 Å². The van der Waals surface area contributed by atoms with Crippen LogP contribution in [0.4, 0.5) is 0 Å². The number of aryl methyl sites for hydroxylation is 2. The second-order valence-corrected chi connectivity index (χ2v) is 4.50. The van der Waals surface area contributed by atoms with E-state index >= 15 is 0 Å². The van der Waals surface area contributed by atoms with E-state index in [1.807, 2.05) is 18.5 Å². The van der Waals surface area contributed by atoms with E-state index in [-0.39, 0.29) is 6.42 Å². The average Bonchev–Trinajstić information content (AvgIpc) is 2.52. The molecule has 4 heteroatoms. The highest BCUT2D eigenvalue weighted by Crippen LogP contribution is 2.15. The summed E-state index contributed by atoms with van der Waals surface area (Å²) < 4.78 is 1.95. The Morgan fingerprint density at radius 2 is 2.00 bits per heavy atom. The van der Waals surface area contributed by atoms with Gasteiger partial charge in [0, 0.05) is 17.8 Å². The first-order valence-electron chi connectivity index (χ1n) is 6.31. The number of nitrogens with zero attached hydrogens (tertiary/aromatic N) is 2. The third-order valence-electron chi connectivity index (χ3n) is 3.08. The standard InChI is InChI=1S/C13H22N2O2/c1-4-5-6-7-8-15-11(3)12(9-13(16)17)10(2)14-15/h4-9H2,1-3H3,(H,16,17). The van der Waals surface area contributed by atoms with Crippen LogP contribution < -0.4 is 0 Å². The van der Waals surface area contributed by atoms with Crippen LogP contribution in [0.1, 0.15) is 49.6 Å². The van der Waals surface area contributed by atoms with Gasteiger partial charge in [-0.3, -0.25) is 9.48 Å². The normalized spacial score (nSPS) is 10.8. The fourth-order valence-electron chi connectivity index (χ4n) is 2.05. The number of carboxylic acids is 1. The fourth-order valence-corrected chi connectivity index (χ4v) is 2.05. The maximum atomic E-state index is 10.7. The van der Waals surface area contributed by atoms with Crippen molar-refractivity contribution in [1.82, 2.24) is 9.78 Å². The predicted octanol–water partition coefficient (Wildman–Crippen LogP) is 2.71. The molecule has 4 nitrogen and oxygen atoms in total. The number of hydrogen-bond donors (Lipinski definition) is 1. The highest BCUT2D eigenvalue weighted by molar-refractivity contribution is 5.70. The minimum Gasteiger partial charge on any atom is -0.481 e. The minimum atomic E-state index is -0.790. The molecule has 0 aliphatic heterocycles. The molecule has 0 unspecified atom stereocenters. The quantitative estimate of drug-likeness (QED) is 0.743. The van der Waals surface area contributed by atoms with Crippen LogP contribution >= 0.6 is 0 Å². The maximum absolute atomic E-state index is 10.7. The molecule has 0 atom stereocenters. The van der Waals surface area contributed by atoms with Crippen LogP contribution in [0.15, 0.2) is 0 Å². The lowest BCUT2D eigenvalue weighted by Gasteiger charge is -2.04. The van der Waals surface area contributed by atoms with Crippen LogP contribution in [0.3, 0.4) is 0 Å². The van der Waals surface area contributed by atoms with Crippen molar-refractivity contribution in [3.63, 3.8) is 0 Å². The van der Waals surface area contributed by atoms with Crippen LogP contribution in [-0.4, -0.2) is 20.9 Å². The summed E-state index contributed by atoms with van der Waals surface area (Å²) in [6.07, 6.45) is 4.88. The third kappa shape index (κ3) is 3.88. The highest BCUT2D eigenvalue weighted by Gasteiger charge is 2.13. The largest absolute Gasteiger partial charge is 0.481 e. The van der Waals surface area contributed by atoms with Crippen molar-refractivity contribution in [2.24, 2.45) is 0 Å². The van der Waals surface area contributed by atoms with Gasteiger partial charge in [-0.2, -0.15) is 5.10 Å². The van der Waals surface area contributed by atoms with Gasteiger partial charge >= 0.3 is 5.97 Å². The first-order valence-corrected chi connectivity index (χ1v) is 6.31. The van der Waals surface area contributed by atoms with E-state index in [1.165, 1.54) is 19.3 Å². The number of rotatable bonds is 7. The third-order valence-corrected chi connectivity index (χ3v) is 3.08. The van der Waals surface area contributed by atoms with Crippen molar-refractivity contribution in [1.29, 1.82) is 0 Å². The Labute approximate surface area is 103 Å². The molecule has 0 amide bonds. The second-order valence-electron chi connectivity index (χ2n) is 4.50. The lowest BCUT2D eigenvalue weighted by Crippen LogP contribution is -2.05. The zero-order valence-corrected chi connectivity index (χ0v) is 11.0. The summed E-state index contributed by atoms with van der Waals surface area (Å²) in [5.74, 6) is -0.790. The van der Waals surface area contributed by atoms with E-state index in [9.17, 15) is 4.79 Å². The highest BCUT2D eigenvalue weighted by atomic mass is 16.4. The van der Waals surface area contributed by atoms with Gasteiger partial charge in [-0.15, -0.1) is 0 Å². The Kier molecular flexibility index (Phi) is 5.19. The van der Waals surface area contributed by atoms with Gasteiger partial charge in [0.05, 0.1) is 12.1 Å². The van der Waals surface area contributed by atoms with Gasteiger partial charge in [0.15, 0.2) is 0 Å². The summed E-state index contributed by atoms with van der Waals surface area (Å²) in [7, 11) is 0. The van der Waals surface area contributed by atoms with E-state index in [4.69, 9.17) is 5.11 Å². The Morgan fingerprint density at radius 3 is 2.59 bits per heavy atom. The summed E-state index contributed by atoms with van der Waals surface area (Å²) in [5.41, 5.74) is 2.72. The number of hydrogen-bond acceptors (Lipinski definition) is 2. The molecular weight excluding hydrogens is 216 g/mol. The smallest absolute Gasteiger partial charge is 0.307 e. The van der Waals surface area contributed by atoms with Crippen molar-refractivity contribution in [2.45, 2.75) is 59.4 Å². The summed E-state index contributed by atoms with van der Waals surface area (Å²) in [6.45, 7) is 6.92. The van der Waals surface area contributed by atoms with Crippen LogP contribution in [0, 0.1) is 13.8 Å². The number of carboxylic acid groups (broad SMARTS) is 1. The molecule has 0 aromatic carbocycles. The number of carbonyl (C=O) groups is 1. The first kappa shape index (κ1) is 13.7. The van der Waals surface area contributed by atoms with E-state index in [0.717, 1.165) is 29.9 Å². The Morgan fingerprint density at radius 1 is 1.29 bits per heavy atom. The molecule has 1 aromatic heterocycles. The van der Waals surface area contributed by atoms with Gasteiger partial charge in [0.2, 0.25) is 0 Å². The average molecular weight is 238 g/mol. The van der Waals surface area contributed by atoms with E-state index in [2.05, 4.69) is 12.0 Å². The second kappa shape index (κ2) is 6.42. The molecule has 0 saturated carbocycles. The topological polar surface area (TPSA) is 55.1 Å². The molecule has 0 spiro atoms. The summed E-state index contributed by atoms with van der Waals surface area (Å²) >= 11 is 0. The summed E-state index contributed by atoms with van der Waals surface area (Å²) in [5, 5.41) is 13.2. The molecular formula is C13H22N2O2. The molecule has 0 aliphatic rings. The van der Waals surface area contributed by atoms with Crippen molar-refractivity contribution < 1.29 is 9.90 Å². The number of unbranched alkanes of at least 4 members (excludes halogenated alkanes) is 3. The van der Waals surface area contributed by atoms with Crippen LogP contribution in [0.2, 0.25) is 0 Å². The summed E-state index contributed by atoms with van der Waals surface area (Å²) in [6, 6.07) is 0. The fraction of sp³-hybridized carbons (Fsp3) is 0.692. The molecule has 1 aromatic rings. The van der Waals surface area contributed by atoms with E-state index < -0.39 is 5.97 Å². The van der Waals surface area contributed by atoms with Gasteiger partial charge in [-0.05, 0) is 20.3 Å². The number of aromatic nitrogens is 2. The Balaban J connectivity index is 2.64. The lowest BCUT2D eigenvalue weighted by molar-refractivity contribution is -0.136. The molecule has 96 valence electrons. The summed E-state index contributed by atoms with van der Waals surface area (Å²) in [4.78, 5) is 10.7. The van der Waals surface area contributed by atoms with Crippen molar-refractivity contribution in [2.75, 3.05) is 0 Å². The predicted molar refractivity (Wildman–Crippen MR) is 67.2 cm³/mol. The van der Waals surface area contributed by atoms with Crippen LogP contribution in [0.25, 0.3) is 0 Å². The molecule has 1 heterocycles. The molecule has 1 N–H and O–H groups in total. The van der Waals surface area contributed by atoms with Gasteiger partial charge in [0.1, 0.15) is 0 Å². The molecule has 1 rings (SSSR count).